The minimum absolute atomic E-state index is 0.0100. The normalized spacial score (nSPS) is 29.2. The summed E-state index contributed by atoms with van der Waals surface area (Å²) in [6.45, 7) is 11.1. The van der Waals surface area contributed by atoms with Crippen LogP contribution in [0, 0.1) is 0 Å². The average molecular weight is 269 g/mol. The van der Waals surface area contributed by atoms with Crippen LogP contribution in [0.3, 0.4) is 0 Å². The van der Waals surface area contributed by atoms with E-state index in [2.05, 4.69) is 25.7 Å². The third-order valence-corrected chi connectivity index (χ3v) is 3.99. The van der Waals surface area contributed by atoms with E-state index >= 15 is 0 Å². The molecule has 2 fully saturated rings. The zero-order valence-corrected chi connectivity index (χ0v) is 13.0. The summed E-state index contributed by atoms with van der Waals surface area (Å²) in [5, 5.41) is 0. The lowest BCUT2D eigenvalue weighted by atomic mass is 9.91. The van der Waals surface area contributed by atoms with Crippen molar-refractivity contribution in [3.05, 3.63) is 0 Å². The van der Waals surface area contributed by atoms with Crippen molar-refractivity contribution in [1.29, 1.82) is 0 Å². The van der Waals surface area contributed by atoms with Crippen molar-refractivity contribution >= 4 is 0 Å². The Morgan fingerprint density at radius 1 is 1.00 bits per heavy atom. The van der Waals surface area contributed by atoms with E-state index in [9.17, 15) is 0 Å². The fourth-order valence-corrected chi connectivity index (χ4v) is 2.97. The maximum atomic E-state index is 5.92. The highest BCUT2D eigenvalue weighted by Crippen LogP contribution is 2.29. The van der Waals surface area contributed by atoms with E-state index < -0.39 is 0 Å². The molecule has 0 amide bonds. The van der Waals surface area contributed by atoms with Crippen LogP contribution in [0.4, 0.5) is 0 Å². The smallest absolute Gasteiger partial charge is 0.0631 e. The van der Waals surface area contributed by atoms with Crippen molar-refractivity contribution in [1.82, 2.24) is 4.90 Å². The average Bonchev–Trinajstić information content (AvgIpc) is 2.30. The van der Waals surface area contributed by atoms with Gasteiger partial charge in [0.15, 0.2) is 0 Å². The number of hydrogen-bond donors (Lipinski definition) is 0. The summed E-state index contributed by atoms with van der Waals surface area (Å²) >= 11 is 0. The largest absolute Gasteiger partial charge is 0.378 e. The van der Waals surface area contributed by atoms with Crippen LogP contribution in [0.25, 0.3) is 0 Å². The Labute approximate surface area is 118 Å². The maximum Gasteiger partial charge on any atom is 0.0631 e. The molecule has 0 bridgehead atoms. The van der Waals surface area contributed by atoms with Crippen molar-refractivity contribution < 1.29 is 9.47 Å². The quantitative estimate of drug-likeness (QED) is 0.691. The molecule has 0 radical (unpaired) electrons. The first kappa shape index (κ1) is 15.3. The highest BCUT2D eigenvalue weighted by Gasteiger charge is 2.33. The van der Waals surface area contributed by atoms with Crippen molar-refractivity contribution in [3.8, 4) is 0 Å². The van der Waals surface area contributed by atoms with Crippen molar-refractivity contribution in [2.75, 3.05) is 26.2 Å². The number of ether oxygens (including phenoxy) is 2. The van der Waals surface area contributed by atoms with E-state index in [-0.39, 0.29) is 5.60 Å². The van der Waals surface area contributed by atoms with Crippen molar-refractivity contribution in [2.24, 2.45) is 0 Å². The monoisotopic (exact) mass is 269 g/mol. The molecule has 1 aliphatic carbocycles. The Hall–Kier alpha value is -0.120. The third-order valence-electron chi connectivity index (χ3n) is 3.99. The van der Waals surface area contributed by atoms with Gasteiger partial charge >= 0.3 is 0 Å². The van der Waals surface area contributed by atoms with E-state index in [1.165, 1.54) is 45.3 Å². The van der Waals surface area contributed by atoms with E-state index in [1.807, 2.05) is 0 Å². The van der Waals surface area contributed by atoms with Gasteiger partial charge in [-0.3, -0.25) is 0 Å². The summed E-state index contributed by atoms with van der Waals surface area (Å²) in [5.74, 6) is 0. The second-order valence-corrected chi connectivity index (χ2v) is 7.07. The minimum atomic E-state index is -0.0100. The minimum Gasteiger partial charge on any atom is -0.378 e. The summed E-state index contributed by atoms with van der Waals surface area (Å²) in [5.41, 5.74) is -0.0100. The molecule has 0 N–H and O–H groups in total. The molecule has 112 valence electrons. The third kappa shape index (κ3) is 5.80. The predicted molar refractivity (Wildman–Crippen MR) is 78.5 cm³/mol. The van der Waals surface area contributed by atoms with Gasteiger partial charge in [-0.15, -0.1) is 0 Å². The van der Waals surface area contributed by atoms with Crippen LogP contribution in [0.5, 0.6) is 0 Å². The Bertz CT molecular complexity index is 250. The molecule has 1 aliphatic heterocycles. The van der Waals surface area contributed by atoms with E-state index in [4.69, 9.17) is 9.47 Å². The molecule has 2 rings (SSSR count). The lowest BCUT2D eigenvalue weighted by molar-refractivity contribution is -0.148. The number of hydrogen-bond acceptors (Lipinski definition) is 3. The van der Waals surface area contributed by atoms with Gasteiger partial charge in [0, 0.05) is 13.2 Å². The molecule has 0 aromatic heterocycles. The van der Waals surface area contributed by atoms with E-state index in [0.717, 1.165) is 19.4 Å². The van der Waals surface area contributed by atoms with Gasteiger partial charge in [-0.25, -0.2) is 0 Å². The van der Waals surface area contributed by atoms with Gasteiger partial charge in [0.1, 0.15) is 0 Å². The fraction of sp³-hybridized carbons (Fsp3) is 1.00. The summed E-state index contributed by atoms with van der Waals surface area (Å²) in [6, 6.07) is 0. The SMILES string of the molecule is CC(C)(C)OC1CC(OCCCN2CCCCC2)C1. The molecule has 19 heavy (non-hydrogen) atoms. The van der Waals surface area contributed by atoms with Crippen molar-refractivity contribution in [3.63, 3.8) is 0 Å². The summed E-state index contributed by atoms with van der Waals surface area (Å²) in [7, 11) is 0. The molecule has 1 saturated heterocycles. The molecule has 0 atom stereocenters. The summed E-state index contributed by atoms with van der Waals surface area (Å²) in [6.07, 6.45) is 8.42. The van der Waals surface area contributed by atoms with Gasteiger partial charge in [-0.1, -0.05) is 6.42 Å². The lowest BCUT2D eigenvalue weighted by Gasteiger charge is -2.39. The van der Waals surface area contributed by atoms with Gasteiger partial charge in [-0.2, -0.15) is 0 Å². The van der Waals surface area contributed by atoms with Crippen LogP contribution >= 0.6 is 0 Å². The molecule has 1 saturated carbocycles. The topological polar surface area (TPSA) is 21.7 Å². The second-order valence-electron chi connectivity index (χ2n) is 7.07. The molecular weight excluding hydrogens is 238 g/mol. The van der Waals surface area contributed by atoms with E-state index in [1.54, 1.807) is 0 Å². The first-order chi connectivity index (χ1) is 9.03. The Morgan fingerprint density at radius 3 is 2.32 bits per heavy atom. The van der Waals surface area contributed by atoms with Gasteiger partial charge in [0.25, 0.3) is 0 Å². The molecule has 1 heterocycles. The molecule has 3 heteroatoms. The zero-order valence-electron chi connectivity index (χ0n) is 13.0. The fourth-order valence-electron chi connectivity index (χ4n) is 2.97. The van der Waals surface area contributed by atoms with E-state index in [0.29, 0.717) is 12.2 Å². The first-order valence-electron chi connectivity index (χ1n) is 8.05. The van der Waals surface area contributed by atoms with Crippen LogP contribution < -0.4 is 0 Å². The molecule has 0 unspecified atom stereocenters. The molecular formula is C16H31NO2. The second kappa shape index (κ2) is 7.05. The van der Waals surface area contributed by atoms with Crippen LogP contribution in [0.2, 0.25) is 0 Å². The molecule has 0 aromatic carbocycles. The maximum absolute atomic E-state index is 5.92. The predicted octanol–water partition coefficient (Wildman–Crippen LogP) is 3.23. The first-order valence-corrected chi connectivity index (χ1v) is 8.05. The van der Waals surface area contributed by atoms with Crippen molar-refractivity contribution in [2.45, 2.75) is 77.1 Å². The van der Waals surface area contributed by atoms with Gasteiger partial charge < -0.3 is 14.4 Å². The number of rotatable bonds is 6. The number of likely N-dealkylation sites (tertiary alicyclic amines) is 1. The summed E-state index contributed by atoms with van der Waals surface area (Å²) in [4.78, 5) is 2.58. The lowest BCUT2D eigenvalue weighted by Crippen LogP contribution is -2.42. The van der Waals surface area contributed by atoms with Crippen LogP contribution in [0.1, 0.15) is 59.3 Å². The Morgan fingerprint density at radius 2 is 1.68 bits per heavy atom. The van der Waals surface area contributed by atoms with Gasteiger partial charge in [-0.05, 0) is 66.0 Å². The molecule has 3 nitrogen and oxygen atoms in total. The standard InChI is InChI=1S/C16H31NO2/c1-16(2,3)19-15-12-14(13-15)18-11-7-10-17-8-5-4-6-9-17/h14-15H,4-13H2,1-3H3. The van der Waals surface area contributed by atoms with Gasteiger partial charge in [0.05, 0.1) is 17.8 Å². The number of nitrogens with zero attached hydrogens (tertiary/aromatic N) is 1. The Kier molecular flexibility index (Phi) is 5.67. The molecule has 0 aromatic rings. The van der Waals surface area contributed by atoms with Gasteiger partial charge in [0.2, 0.25) is 0 Å². The zero-order chi connectivity index (χ0) is 13.7. The summed E-state index contributed by atoms with van der Waals surface area (Å²) < 4.78 is 11.8. The van der Waals surface area contributed by atoms with Crippen LogP contribution in [-0.2, 0) is 9.47 Å². The highest BCUT2D eigenvalue weighted by molar-refractivity contribution is 4.83. The number of piperidine rings is 1. The Balaban J connectivity index is 1.45. The highest BCUT2D eigenvalue weighted by atomic mass is 16.5. The van der Waals surface area contributed by atoms with Crippen LogP contribution in [-0.4, -0.2) is 49.0 Å². The molecule has 0 spiro atoms. The molecule has 2 aliphatic rings. The van der Waals surface area contributed by atoms with Crippen LogP contribution in [0.15, 0.2) is 0 Å².